The molecule has 1 aromatic heterocycles. The van der Waals surface area contributed by atoms with Crippen molar-refractivity contribution in [2.45, 2.75) is 24.6 Å². The van der Waals surface area contributed by atoms with Gasteiger partial charge in [-0.2, -0.15) is 0 Å². The van der Waals surface area contributed by atoms with Crippen molar-refractivity contribution in [3.63, 3.8) is 0 Å². The molecular formula is C13H14N2O4S. The zero-order valence-electron chi connectivity index (χ0n) is 10.7. The van der Waals surface area contributed by atoms with Crippen molar-refractivity contribution < 1.29 is 8.42 Å². The Morgan fingerprint density at radius 2 is 2.00 bits per heavy atom. The molecule has 20 heavy (non-hydrogen) atoms. The van der Waals surface area contributed by atoms with Gasteiger partial charge in [0.25, 0.3) is 5.56 Å². The van der Waals surface area contributed by atoms with E-state index in [-0.39, 0.29) is 12.3 Å². The van der Waals surface area contributed by atoms with Gasteiger partial charge in [-0.05, 0) is 25.0 Å². The van der Waals surface area contributed by atoms with Crippen LogP contribution in [0.2, 0.25) is 0 Å². The topological polar surface area (TPSA) is 89.0 Å². The Kier molecular flexibility index (Phi) is 3.01. The van der Waals surface area contributed by atoms with Gasteiger partial charge in [0.15, 0.2) is 9.84 Å². The third-order valence-corrected chi connectivity index (χ3v) is 6.00. The minimum absolute atomic E-state index is 0.0681. The number of H-pyrrole nitrogens is 1. The molecule has 0 bridgehead atoms. The normalized spacial score (nSPS) is 21.3. The van der Waals surface area contributed by atoms with E-state index in [2.05, 4.69) is 4.98 Å². The summed E-state index contributed by atoms with van der Waals surface area (Å²) in [6.07, 6.45) is 1.09. The average Bonchev–Trinajstić information content (AvgIpc) is 2.73. The van der Waals surface area contributed by atoms with Crippen LogP contribution in [-0.4, -0.2) is 29.0 Å². The van der Waals surface area contributed by atoms with Gasteiger partial charge in [-0.15, -0.1) is 0 Å². The van der Waals surface area contributed by atoms with E-state index in [9.17, 15) is 18.0 Å². The second-order valence-electron chi connectivity index (χ2n) is 5.02. The quantitative estimate of drug-likeness (QED) is 0.861. The number of nitrogens with one attached hydrogen (secondary N) is 1. The number of hydrogen-bond acceptors (Lipinski definition) is 4. The van der Waals surface area contributed by atoms with Gasteiger partial charge in [0.2, 0.25) is 0 Å². The van der Waals surface area contributed by atoms with Crippen LogP contribution in [0.4, 0.5) is 0 Å². The Hall–Kier alpha value is -1.89. The first-order valence-electron chi connectivity index (χ1n) is 6.42. The smallest absolute Gasteiger partial charge is 0.307 e. The van der Waals surface area contributed by atoms with Crippen molar-refractivity contribution >= 4 is 20.7 Å². The van der Waals surface area contributed by atoms with Gasteiger partial charge in [0, 0.05) is 6.54 Å². The maximum atomic E-state index is 12.3. The highest BCUT2D eigenvalue weighted by atomic mass is 32.2. The van der Waals surface area contributed by atoms with E-state index in [1.54, 1.807) is 24.3 Å². The number of aromatic nitrogens is 2. The van der Waals surface area contributed by atoms with E-state index in [1.165, 1.54) is 0 Å². The molecule has 1 unspecified atom stereocenters. The summed E-state index contributed by atoms with van der Waals surface area (Å²) in [6.45, 7) is -0.0681. The molecule has 1 aromatic carbocycles. The average molecular weight is 294 g/mol. The molecule has 0 radical (unpaired) electrons. The number of sulfone groups is 1. The first-order chi connectivity index (χ1) is 9.49. The molecule has 1 fully saturated rings. The van der Waals surface area contributed by atoms with Crippen molar-refractivity contribution in [2.24, 2.45) is 0 Å². The summed E-state index contributed by atoms with van der Waals surface area (Å²) in [5, 5.41) is -0.245. The fourth-order valence-corrected chi connectivity index (χ4v) is 4.44. The SMILES string of the molecule is O=c1[nH]c2ccccc2c(=O)n1CC1CCCS1(=O)=O. The highest BCUT2D eigenvalue weighted by Gasteiger charge is 2.32. The highest BCUT2D eigenvalue weighted by Crippen LogP contribution is 2.20. The van der Waals surface area contributed by atoms with E-state index in [0.29, 0.717) is 23.7 Å². The van der Waals surface area contributed by atoms with E-state index in [1.807, 2.05) is 0 Å². The molecule has 1 aliphatic heterocycles. The van der Waals surface area contributed by atoms with Crippen molar-refractivity contribution in [3.8, 4) is 0 Å². The van der Waals surface area contributed by atoms with Gasteiger partial charge in [-0.3, -0.25) is 9.36 Å². The molecule has 6 nitrogen and oxygen atoms in total. The lowest BCUT2D eigenvalue weighted by atomic mass is 10.2. The number of para-hydroxylation sites is 1. The zero-order valence-corrected chi connectivity index (χ0v) is 11.5. The van der Waals surface area contributed by atoms with Crippen LogP contribution in [-0.2, 0) is 16.4 Å². The zero-order chi connectivity index (χ0) is 14.3. The van der Waals surface area contributed by atoms with Gasteiger partial charge in [0.05, 0.1) is 21.9 Å². The van der Waals surface area contributed by atoms with Crippen LogP contribution < -0.4 is 11.2 Å². The summed E-state index contributed by atoms with van der Waals surface area (Å²) in [6, 6.07) is 6.70. The third-order valence-electron chi connectivity index (χ3n) is 3.74. The number of fused-ring (bicyclic) bond motifs is 1. The van der Waals surface area contributed by atoms with Crippen molar-refractivity contribution in [1.29, 1.82) is 0 Å². The molecule has 0 amide bonds. The fraction of sp³-hybridized carbons (Fsp3) is 0.385. The van der Waals surface area contributed by atoms with Crippen LogP contribution in [0, 0.1) is 0 Å². The lowest BCUT2D eigenvalue weighted by Gasteiger charge is -2.11. The molecule has 0 aliphatic carbocycles. The first-order valence-corrected chi connectivity index (χ1v) is 8.14. The number of benzene rings is 1. The summed E-state index contributed by atoms with van der Waals surface area (Å²) in [5.74, 6) is 0.137. The fourth-order valence-electron chi connectivity index (χ4n) is 2.63. The maximum Gasteiger partial charge on any atom is 0.328 e. The molecule has 1 saturated heterocycles. The van der Waals surface area contributed by atoms with Crippen LogP contribution in [0.1, 0.15) is 12.8 Å². The molecule has 1 N–H and O–H groups in total. The molecule has 2 heterocycles. The van der Waals surface area contributed by atoms with Gasteiger partial charge in [-0.25, -0.2) is 13.2 Å². The molecule has 106 valence electrons. The maximum absolute atomic E-state index is 12.3. The van der Waals surface area contributed by atoms with Crippen molar-refractivity contribution in [3.05, 3.63) is 45.1 Å². The number of rotatable bonds is 2. The molecular weight excluding hydrogens is 280 g/mol. The molecule has 2 aromatic rings. The van der Waals surface area contributed by atoms with Crippen LogP contribution in [0.15, 0.2) is 33.9 Å². The Morgan fingerprint density at radius 3 is 2.70 bits per heavy atom. The summed E-state index contributed by atoms with van der Waals surface area (Å²) in [4.78, 5) is 26.9. The standard InChI is InChI=1S/C13H14N2O4S/c16-12-10-5-1-2-6-11(10)14-13(17)15(12)8-9-4-3-7-20(9,18)19/h1-2,5-6,9H,3-4,7-8H2,(H,14,17). The van der Waals surface area contributed by atoms with Crippen LogP contribution >= 0.6 is 0 Å². The molecule has 7 heteroatoms. The highest BCUT2D eigenvalue weighted by molar-refractivity contribution is 7.92. The van der Waals surface area contributed by atoms with Crippen LogP contribution in [0.5, 0.6) is 0 Å². The van der Waals surface area contributed by atoms with E-state index >= 15 is 0 Å². The Balaban J connectivity index is 2.13. The Morgan fingerprint density at radius 1 is 1.25 bits per heavy atom. The summed E-state index contributed by atoms with van der Waals surface area (Å²) in [5.41, 5.74) is -0.532. The summed E-state index contributed by atoms with van der Waals surface area (Å²) in [7, 11) is -3.18. The summed E-state index contributed by atoms with van der Waals surface area (Å²) >= 11 is 0. The molecule has 0 saturated carbocycles. The number of hydrogen-bond donors (Lipinski definition) is 1. The number of nitrogens with zero attached hydrogens (tertiary/aromatic N) is 1. The van der Waals surface area contributed by atoms with Crippen LogP contribution in [0.3, 0.4) is 0 Å². The van der Waals surface area contributed by atoms with E-state index in [4.69, 9.17) is 0 Å². The van der Waals surface area contributed by atoms with Gasteiger partial charge in [-0.1, -0.05) is 12.1 Å². The monoisotopic (exact) mass is 294 g/mol. The van der Waals surface area contributed by atoms with E-state index < -0.39 is 26.3 Å². The van der Waals surface area contributed by atoms with Crippen LogP contribution in [0.25, 0.3) is 10.9 Å². The minimum Gasteiger partial charge on any atom is -0.307 e. The van der Waals surface area contributed by atoms with Gasteiger partial charge >= 0.3 is 5.69 Å². The number of aromatic amines is 1. The lowest BCUT2D eigenvalue weighted by Crippen LogP contribution is -2.39. The molecule has 3 rings (SSSR count). The largest absolute Gasteiger partial charge is 0.328 e. The Bertz CT molecular complexity index is 879. The lowest BCUT2D eigenvalue weighted by molar-refractivity contribution is 0.551. The summed E-state index contributed by atoms with van der Waals surface area (Å²) < 4.78 is 24.6. The second kappa shape index (κ2) is 4.59. The van der Waals surface area contributed by atoms with E-state index in [0.717, 1.165) is 4.57 Å². The van der Waals surface area contributed by atoms with Gasteiger partial charge < -0.3 is 4.98 Å². The molecule has 1 atom stereocenters. The Labute approximate surface area is 115 Å². The van der Waals surface area contributed by atoms with Gasteiger partial charge in [0.1, 0.15) is 0 Å². The van der Waals surface area contributed by atoms with Crippen molar-refractivity contribution in [1.82, 2.24) is 9.55 Å². The first kappa shape index (κ1) is 13.1. The molecule has 0 spiro atoms. The predicted octanol–water partition coefficient (Wildman–Crippen LogP) is 0.267. The predicted molar refractivity (Wildman–Crippen MR) is 75.6 cm³/mol. The third kappa shape index (κ3) is 2.07. The molecule has 1 aliphatic rings. The second-order valence-corrected chi connectivity index (χ2v) is 7.42. The minimum atomic E-state index is -3.18. The van der Waals surface area contributed by atoms with Crippen molar-refractivity contribution in [2.75, 3.05) is 5.75 Å².